The molecule has 0 saturated carbocycles. The molecule has 0 unspecified atom stereocenters. The van der Waals surface area contributed by atoms with E-state index in [-0.39, 0.29) is 5.49 Å². The molecule has 0 fully saturated rings. The molecular formula is C7H9ClN2O. The highest BCUT2D eigenvalue weighted by Crippen LogP contribution is 2.06. The van der Waals surface area contributed by atoms with E-state index in [1.807, 2.05) is 6.92 Å². The maximum Gasteiger partial charge on any atom is 0.162 e. The van der Waals surface area contributed by atoms with Crippen LogP contribution in [-0.2, 0) is 6.42 Å². The molecule has 0 saturated heterocycles. The quantitative estimate of drug-likeness (QED) is 0.619. The van der Waals surface area contributed by atoms with E-state index in [0.29, 0.717) is 17.1 Å². The summed E-state index contributed by atoms with van der Waals surface area (Å²) >= 11 is 5.66. The minimum Gasteiger partial charge on any atom is -0.427 e. The zero-order valence-electron chi connectivity index (χ0n) is 6.13. The molecule has 60 valence electrons. The lowest BCUT2D eigenvalue weighted by molar-refractivity contribution is 0.161. The summed E-state index contributed by atoms with van der Waals surface area (Å²) in [5, 5.41) is 16.9. The van der Waals surface area contributed by atoms with E-state index in [0.717, 1.165) is 4.73 Å². The molecule has 1 aromatic heterocycles. The summed E-state index contributed by atoms with van der Waals surface area (Å²) in [7, 11) is 0. The first-order valence-electron chi connectivity index (χ1n) is 3.30. The fourth-order valence-electron chi connectivity index (χ4n) is 0.860. The zero-order valence-corrected chi connectivity index (χ0v) is 6.89. The minimum atomic E-state index is 0.00866. The predicted molar refractivity (Wildman–Crippen MR) is 41.9 cm³/mol. The molecule has 0 spiro atoms. The summed E-state index contributed by atoms with van der Waals surface area (Å²) < 4.78 is 0.825. The molecule has 0 aromatic carbocycles. The standard InChI is InChI=1S/C7H9ClN2O/c1-2-6-3-5(8)4-7(9)10(6)11/h3-4,9,11H,2H2,1H3. The Labute approximate surface area is 69.3 Å². The second-order valence-corrected chi connectivity index (χ2v) is 2.65. The van der Waals surface area contributed by atoms with Crippen LogP contribution in [0.4, 0.5) is 0 Å². The van der Waals surface area contributed by atoms with Gasteiger partial charge in [-0.25, -0.2) is 0 Å². The Balaban J connectivity index is 3.36. The summed E-state index contributed by atoms with van der Waals surface area (Å²) in [4.78, 5) is 0. The largest absolute Gasteiger partial charge is 0.427 e. The van der Waals surface area contributed by atoms with Crippen LogP contribution in [0.25, 0.3) is 0 Å². The fraction of sp³-hybridized carbons (Fsp3) is 0.286. The van der Waals surface area contributed by atoms with Gasteiger partial charge in [-0.1, -0.05) is 18.5 Å². The lowest BCUT2D eigenvalue weighted by Crippen LogP contribution is -2.19. The van der Waals surface area contributed by atoms with Crippen molar-refractivity contribution in [3.8, 4) is 0 Å². The Morgan fingerprint density at radius 1 is 1.64 bits per heavy atom. The van der Waals surface area contributed by atoms with Gasteiger partial charge >= 0.3 is 0 Å². The lowest BCUT2D eigenvalue weighted by atomic mass is 10.3. The first-order valence-corrected chi connectivity index (χ1v) is 3.68. The average molecular weight is 173 g/mol. The van der Waals surface area contributed by atoms with Crippen LogP contribution >= 0.6 is 11.6 Å². The Hall–Kier alpha value is -0.960. The molecule has 11 heavy (non-hydrogen) atoms. The van der Waals surface area contributed by atoms with Gasteiger partial charge in [0.1, 0.15) is 0 Å². The summed E-state index contributed by atoms with van der Waals surface area (Å²) in [5.41, 5.74) is 0.650. The van der Waals surface area contributed by atoms with Gasteiger partial charge in [-0.2, -0.15) is 4.73 Å². The maximum atomic E-state index is 9.19. The van der Waals surface area contributed by atoms with Crippen LogP contribution in [0.3, 0.4) is 0 Å². The van der Waals surface area contributed by atoms with E-state index in [4.69, 9.17) is 17.0 Å². The van der Waals surface area contributed by atoms with Crippen LogP contribution in [0.15, 0.2) is 12.1 Å². The summed E-state index contributed by atoms with van der Waals surface area (Å²) in [6.45, 7) is 1.89. The number of hydrogen-bond donors (Lipinski definition) is 2. The summed E-state index contributed by atoms with van der Waals surface area (Å²) in [6, 6.07) is 3.03. The van der Waals surface area contributed by atoms with Crippen molar-refractivity contribution in [2.45, 2.75) is 13.3 Å². The Morgan fingerprint density at radius 3 is 2.82 bits per heavy atom. The van der Waals surface area contributed by atoms with Crippen molar-refractivity contribution in [1.82, 2.24) is 4.73 Å². The Bertz CT molecular complexity index is 319. The third kappa shape index (κ3) is 1.54. The molecule has 1 heterocycles. The van der Waals surface area contributed by atoms with E-state index in [2.05, 4.69) is 0 Å². The van der Waals surface area contributed by atoms with Crippen molar-refractivity contribution in [2.75, 3.05) is 0 Å². The molecule has 0 bridgehead atoms. The molecule has 0 amide bonds. The molecule has 3 nitrogen and oxygen atoms in total. The molecule has 4 heteroatoms. The van der Waals surface area contributed by atoms with Crippen molar-refractivity contribution in [3.63, 3.8) is 0 Å². The van der Waals surface area contributed by atoms with Crippen molar-refractivity contribution in [2.24, 2.45) is 0 Å². The number of nitrogens with zero attached hydrogens (tertiary/aromatic N) is 1. The van der Waals surface area contributed by atoms with Crippen LogP contribution in [0.5, 0.6) is 0 Å². The first kappa shape index (κ1) is 8.14. The molecule has 0 aliphatic heterocycles. The second kappa shape index (κ2) is 2.96. The highest BCUT2D eigenvalue weighted by molar-refractivity contribution is 6.30. The number of pyridine rings is 1. The SMILES string of the molecule is CCc1cc(Cl)cc(=N)n1O. The third-order valence-electron chi connectivity index (χ3n) is 1.44. The number of rotatable bonds is 1. The fourth-order valence-corrected chi connectivity index (χ4v) is 1.09. The van der Waals surface area contributed by atoms with Crippen LogP contribution in [0.1, 0.15) is 12.6 Å². The van der Waals surface area contributed by atoms with Crippen molar-refractivity contribution in [1.29, 1.82) is 5.41 Å². The van der Waals surface area contributed by atoms with E-state index in [1.165, 1.54) is 6.07 Å². The van der Waals surface area contributed by atoms with Crippen molar-refractivity contribution in [3.05, 3.63) is 28.3 Å². The smallest absolute Gasteiger partial charge is 0.162 e. The van der Waals surface area contributed by atoms with Gasteiger partial charge in [-0.15, -0.1) is 0 Å². The van der Waals surface area contributed by atoms with Gasteiger partial charge in [0.15, 0.2) is 5.49 Å². The van der Waals surface area contributed by atoms with Gasteiger partial charge in [0, 0.05) is 11.1 Å². The van der Waals surface area contributed by atoms with Gasteiger partial charge < -0.3 is 5.21 Å². The lowest BCUT2D eigenvalue weighted by Gasteiger charge is -2.04. The second-order valence-electron chi connectivity index (χ2n) is 2.22. The van der Waals surface area contributed by atoms with E-state index >= 15 is 0 Å². The van der Waals surface area contributed by atoms with Gasteiger partial charge in [0.2, 0.25) is 0 Å². The maximum absolute atomic E-state index is 9.19. The van der Waals surface area contributed by atoms with Crippen LogP contribution in [0.2, 0.25) is 5.02 Å². The molecular weight excluding hydrogens is 164 g/mol. The van der Waals surface area contributed by atoms with Crippen molar-refractivity contribution >= 4 is 11.6 Å². The molecule has 0 atom stereocenters. The van der Waals surface area contributed by atoms with Gasteiger partial charge in [-0.05, 0) is 12.5 Å². The van der Waals surface area contributed by atoms with Crippen molar-refractivity contribution < 1.29 is 5.21 Å². The predicted octanol–water partition coefficient (Wildman–Crippen LogP) is 1.42. The molecule has 0 aliphatic carbocycles. The van der Waals surface area contributed by atoms with Crippen LogP contribution in [-0.4, -0.2) is 9.94 Å². The molecule has 1 aromatic rings. The number of nitrogens with one attached hydrogen (secondary N) is 1. The zero-order chi connectivity index (χ0) is 8.43. The molecule has 0 radical (unpaired) electrons. The monoisotopic (exact) mass is 172 g/mol. The van der Waals surface area contributed by atoms with E-state index in [9.17, 15) is 5.21 Å². The van der Waals surface area contributed by atoms with E-state index in [1.54, 1.807) is 6.07 Å². The van der Waals surface area contributed by atoms with Gasteiger partial charge in [0.05, 0.1) is 5.69 Å². The number of aromatic nitrogens is 1. The number of halogens is 1. The topological polar surface area (TPSA) is 49.0 Å². The van der Waals surface area contributed by atoms with Crippen LogP contribution < -0.4 is 5.49 Å². The molecule has 0 aliphatic rings. The first-order chi connectivity index (χ1) is 5.15. The normalized spacial score (nSPS) is 10.0. The third-order valence-corrected chi connectivity index (χ3v) is 1.66. The highest BCUT2D eigenvalue weighted by Gasteiger charge is 1.98. The molecule has 2 N–H and O–H groups in total. The molecule has 1 rings (SSSR count). The van der Waals surface area contributed by atoms with Gasteiger partial charge in [-0.3, -0.25) is 5.41 Å². The highest BCUT2D eigenvalue weighted by atomic mass is 35.5. The summed E-state index contributed by atoms with van der Waals surface area (Å²) in [6.07, 6.45) is 0.656. The number of hydrogen-bond acceptors (Lipinski definition) is 2. The summed E-state index contributed by atoms with van der Waals surface area (Å²) in [5.74, 6) is 0. The number of aryl methyl sites for hydroxylation is 1. The van der Waals surface area contributed by atoms with Crippen LogP contribution in [0, 0.1) is 5.41 Å². The Kier molecular flexibility index (Phi) is 2.19. The minimum absolute atomic E-state index is 0.00866. The average Bonchev–Trinajstić information content (AvgIpc) is 1.96. The van der Waals surface area contributed by atoms with Gasteiger partial charge in [0.25, 0.3) is 0 Å². The Morgan fingerprint density at radius 2 is 2.27 bits per heavy atom. The van der Waals surface area contributed by atoms with E-state index < -0.39 is 0 Å².